The van der Waals surface area contributed by atoms with Gasteiger partial charge in [-0.3, -0.25) is 0 Å². The summed E-state index contributed by atoms with van der Waals surface area (Å²) in [4.78, 5) is 12.0. The number of hydrogen-bond acceptors (Lipinski definition) is 5. The van der Waals surface area contributed by atoms with Crippen LogP contribution in [-0.2, 0) is 14.8 Å². The van der Waals surface area contributed by atoms with Crippen LogP contribution in [0.1, 0.15) is 51.9 Å². The van der Waals surface area contributed by atoms with Crippen LogP contribution in [0.15, 0.2) is 16.3 Å². The highest BCUT2D eigenvalue weighted by atomic mass is 35.5. The summed E-state index contributed by atoms with van der Waals surface area (Å²) in [6.07, 6.45) is 6.23. The number of carbonyl (C=O) groups is 1. The maximum Gasteiger partial charge on any atom is 0.407 e. The third kappa shape index (κ3) is 4.78. The third-order valence-corrected chi connectivity index (χ3v) is 8.94. The molecule has 0 saturated heterocycles. The Morgan fingerprint density at radius 3 is 2.89 bits per heavy atom. The van der Waals surface area contributed by atoms with Crippen LogP contribution in [0.2, 0.25) is 4.34 Å². The van der Waals surface area contributed by atoms with Gasteiger partial charge in [-0.2, -0.15) is 0 Å². The molecule has 27 heavy (non-hydrogen) atoms. The number of alkyl carbamates (subject to hydrolysis) is 1. The van der Waals surface area contributed by atoms with Gasteiger partial charge in [0.05, 0.1) is 4.34 Å². The summed E-state index contributed by atoms with van der Waals surface area (Å²) in [7, 11) is -3.63. The van der Waals surface area contributed by atoms with Crippen LogP contribution in [0.5, 0.6) is 0 Å². The van der Waals surface area contributed by atoms with E-state index in [2.05, 4.69) is 17.0 Å². The number of ether oxygens (including phenoxy) is 1. The first kappa shape index (κ1) is 20.9. The molecule has 2 aliphatic carbocycles. The van der Waals surface area contributed by atoms with Gasteiger partial charge in [0.2, 0.25) is 10.0 Å². The molecular weight excluding hydrogens is 408 g/mol. The molecule has 2 saturated carbocycles. The molecule has 2 aliphatic rings. The number of halogens is 1. The molecule has 6 nitrogen and oxygen atoms in total. The largest absolute Gasteiger partial charge is 0.449 e. The Kier molecular flexibility index (Phi) is 6.71. The minimum absolute atomic E-state index is 0.208. The molecule has 3 atom stereocenters. The number of hydrogen-bond donors (Lipinski definition) is 2. The van der Waals surface area contributed by atoms with E-state index in [1.165, 1.54) is 6.07 Å². The average Bonchev–Trinajstić information content (AvgIpc) is 3.13. The first-order valence-corrected chi connectivity index (χ1v) is 12.2. The number of nitrogens with one attached hydrogen (secondary N) is 2. The van der Waals surface area contributed by atoms with E-state index in [-0.39, 0.29) is 28.2 Å². The lowest BCUT2D eigenvalue weighted by molar-refractivity contribution is 0.0473. The van der Waals surface area contributed by atoms with Crippen LogP contribution < -0.4 is 10.0 Å². The van der Waals surface area contributed by atoms with E-state index in [0.717, 1.165) is 56.3 Å². The molecule has 2 fully saturated rings. The molecule has 9 heteroatoms. The highest BCUT2D eigenvalue weighted by Crippen LogP contribution is 2.52. The summed E-state index contributed by atoms with van der Waals surface area (Å²) in [5.41, 5.74) is -0.320. The number of amides is 1. The van der Waals surface area contributed by atoms with Crippen molar-refractivity contribution >= 4 is 39.1 Å². The molecule has 1 aromatic rings. The van der Waals surface area contributed by atoms with Crippen LogP contribution in [0.3, 0.4) is 0 Å². The first-order chi connectivity index (χ1) is 12.9. The molecule has 2 N–H and O–H groups in total. The van der Waals surface area contributed by atoms with Gasteiger partial charge >= 0.3 is 6.09 Å². The fourth-order valence-electron chi connectivity index (χ4n) is 4.35. The summed E-state index contributed by atoms with van der Waals surface area (Å²) >= 11 is 6.96. The molecule has 0 aliphatic heterocycles. The zero-order valence-electron chi connectivity index (χ0n) is 15.5. The van der Waals surface area contributed by atoms with Crippen molar-refractivity contribution in [1.29, 1.82) is 0 Å². The van der Waals surface area contributed by atoms with Crippen molar-refractivity contribution < 1.29 is 17.9 Å². The quantitative estimate of drug-likeness (QED) is 0.602. The number of thiophene rings is 1. The average molecular weight is 435 g/mol. The van der Waals surface area contributed by atoms with Gasteiger partial charge in [-0.1, -0.05) is 31.4 Å². The van der Waals surface area contributed by atoms with Crippen LogP contribution >= 0.6 is 22.9 Å². The zero-order valence-corrected chi connectivity index (χ0v) is 17.9. The molecule has 1 heterocycles. The Hall–Kier alpha value is -0.830. The van der Waals surface area contributed by atoms with Crippen molar-refractivity contribution in [3.05, 3.63) is 16.5 Å². The molecule has 1 amide bonds. The van der Waals surface area contributed by atoms with E-state index in [0.29, 0.717) is 10.9 Å². The smallest absolute Gasteiger partial charge is 0.407 e. The van der Waals surface area contributed by atoms with Crippen molar-refractivity contribution in [2.45, 2.75) is 62.1 Å². The Morgan fingerprint density at radius 1 is 1.37 bits per heavy atom. The lowest BCUT2D eigenvalue weighted by atomic mass is 9.72. The standard InChI is InChI=1S/C18H27ClN2O4S2/c1-2-3-11-20-17(22)25-12-18-9-4-5-13(8-10-18)16(18)21-27(23,24)15-7-6-14(19)26-15/h6-7,13,16,21H,2-5,8-12H2,1H3,(H,20,22). The lowest BCUT2D eigenvalue weighted by Gasteiger charge is -2.40. The number of carbonyl (C=O) groups excluding carboxylic acids is 1. The maximum absolute atomic E-state index is 12.8. The van der Waals surface area contributed by atoms with Crippen LogP contribution in [0.25, 0.3) is 0 Å². The van der Waals surface area contributed by atoms with E-state index >= 15 is 0 Å². The van der Waals surface area contributed by atoms with Crippen LogP contribution in [-0.4, -0.2) is 33.7 Å². The highest BCUT2D eigenvalue weighted by molar-refractivity contribution is 7.91. The van der Waals surface area contributed by atoms with E-state index in [1.807, 2.05) is 0 Å². The van der Waals surface area contributed by atoms with Gasteiger partial charge in [0.15, 0.2) is 0 Å². The van der Waals surface area contributed by atoms with Gasteiger partial charge in [0, 0.05) is 18.0 Å². The summed E-state index contributed by atoms with van der Waals surface area (Å²) in [6, 6.07) is 2.92. The summed E-state index contributed by atoms with van der Waals surface area (Å²) < 4.78 is 34.7. The van der Waals surface area contributed by atoms with Gasteiger partial charge in [-0.25, -0.2) is 17.9 Å². The number of sulfonamides is 1. The predicted molar refractivity (Wildman–Crippen MR) is 107 cm³/mol. The SMILES string of the molecule is CCCCNC(=O)OCC12CCCC(CC1)C2NS(=O)(=O)c1ccc(Cl)s1. The lowest BCUT2D eigenvalue weighted by Crippen LogP contribution is -2.52. The van der Waals surface area contributed by atoms with Crippen LogP contribution in [0.4, 0.5) is 4.79 Å². The number of unbranched alkanes of at least 4 members (excludes halogenated alkanes) is 1. The number of fused-ring (bicyclic) bond motifs is 2. The molecule has 1 aromatic heterocycles. The minimum atomic E-state index is -3.63. The predicted octanol–water partition coefficient (Wildman–Crippen LogP) is 4.16. The second kappa shape index (κ2) is 8.68. The van der Waals surface area contributed by atoms with E-state index < -0.39 is 16.1 Å². The fraction of sp³-hybridized carbons (Fsp3) is 0.722. The fourth-order valence-corrected chi connectivity index (χ4v) is 7.26. The zero-order chi connectivity index (χ0) is 19.5. The van der Waals surface area contributed by atoms with E-state index in [1.54, 1.807) is 6.07 Å². The molecular formula is C18H27ClN2O4S2. The maximum atomic E-state index is 12.8. The van der Waals surface area contributed by atoms with E-state index in [9.17, 15) is 13.2 Å². The first-order valence-electron chi connectivity index (χ1n) is 9.54. The van der Waals surface area contributed by atoms with Gasteiger partial charge in [-0.15, -0.1) is 11.3 Å². The van der Waals surface area contributed by atoms with Crippen LogP contribution in [0, 0.1) is 11.3 Å². The summed E-state index contributed by atoms with van der Waals surface area (Å²) in [6.45, 7) is 2.91. The van der Waals surface area contributed by atoms with Crippen molar-refractivity contribution in [3.8, 4) is 0 Å². The molecule has 0 radical (unpaired) electrons. The third-order valence-electron chi connectivity index (χ3n) is 5.78. The molecule has 0 spiro atoms. The van der Waals surface area contributed by atoms with Crippen molar-refractivity contribution in [1.82, 2.24) is 10.0 Å². The minimum Gasteiger partial charge on any atom is -0.449 e. The van der Waals surface area contributed by atoms with Crippen molar-refractivity contribution in [2.24, 2.45) is 11.3 Å². The monoisotopic (exact) mass is 434 g/mol. The molecule has 152 valence electrons. The van der Waals surface area contributed by atoms with Gasteiger partial charge in [-0.05, 0) is 50.2 Å². The van der Waals surface area contributed by atoms with Gasteiger partial charge in [0.1, 0.15) is 10.8 Å². The Labute approximate surface area is 170 Å². The molecule has 0 aromatic carbocycles. The topological polar surface area (TPSA) is 84.5 Å². The number of rotatable bonds is 8. The highest BCUT2D eigenvalue weighted by Gasteiger charge is 2.52. The van der Waals surface area contributed by atoms with Gasteiger partial charge < -0.3 is 10.1 Å². The molecule has 3 unspecified atom stereocenters. The normalized spacial score (nSPS) is 27.5. The van der Waals surface area contributed by atoms with Crippen molar-refractivity contribution in [3.63, 3.8) is 0 Å². The molecule has 2 bridgehead atoms. The second-order valence-electron chi connectivity index (χ2n) is 7.57. The Bertz CT molecular complexity index is 763. The summed E-state index contributed by atoms with van der Waals surface area (Å²) in [5.74, 6) is 0.288. The van der Waals surface area contributed by atoms with Crippen molar-refractivity contribution in [2.75, 3.05) is 13.2 Å². The molecule has 3 rings (SSSR count). The Morgan fingerprint density at radius 2 is 2.19 bits per heavy atom. The van der Waals surface area contributed by atoms with Gasteiger partial charge in [0.25, 0.3) is 0 Å². The van der Waals surface area contributed by atoms with E-state index in [4.69, 9.17) is 16.3 Å². The summed E-state index contributed by atoms with van der Waals surface area (Å²) in [5, 5.41) is 2.76. The Balaban J connectivity index is 1.68. The second-order valence-corrected chi connectivity index (χ2v) is 11.2.